The number of rotatable bonds is 2. The summed E-state index contributed by atoms with van der Waals surface area (Å²) in [5.74, 6) is 3.37. The number of ketones is 1. The number of carbonyl (C=O) groups excluding carboxylic acids is 1. The van der Waals surface area contributed by atoms with E-state index in [1.807, 2.05) is 69.6 Å². The summed E-state index contributed by atoms with van der Waals surface area (Å²) in [5.41, 5.74) is 6.88. The first-order chi connectivity index (χ1) is 27.4. The van der Waals surface area contributed by atoms with Crippen molar-refractivity contribution in [2.45, 2.75) is 19.3 Å². The molecule has 18 heteroatoms. The van der Waals surface area contributed by atoms with Crippen LogP contribution in [0.15, 0.2) is 72.8 Å². The number of carbonyl (C=O) groups is 1. The number of halogens is 4. The van der Waals surface area contributed by atoms with Crippen LogP contribution >= 0.6 is 50.5 Å². The van der Waals surface area contributed by atoms with Crippen molar-refractivity contribution >= 4 is 107 Å². The Bertz CT molecular complexity index is 2660. The molecule has 2 aromatic carbocycles. The van der Waals surface area contributed by atoms with Gasteiger partial charge in [-0.25, -0.2) is 24.9 Å². The van der Waals surface area contributed by atoms with Crippen LogP contribution in [0.2, 0.25) is 5.15 Å². The van der Waals surface area contributed by atoms with Crippen molar-refractivity contribution in [1.29, 1.82) is 0 Å². The standard InChI is InChI=1S/C20H21N5O.C19H19ClN6.Cl3OP/c1-23-9-4-10-24(12-11-23)18-8-7-14-13-17(26)20-21-15-5-2-3-6-16(15)25(20)19(14)22-18;1-24-9-4-10-25(12-11-24)16-8-7-14-18(23-16)26-15-6-3-2-5-13(15)22-19(26)17(20)21-14;1-5(2,3)4/h2-3,5-8H,4,9-13H2,1H3;2-3,5-8H,4,9-12H2,1H3;. The SMILES string of the molecule is CN1CCCN(c2ccc3c(n2)-n2c(nc4ccccc42)C(=O)C3)CC1.CN1CCCN(c2ccc3nc(Cl)c4nc5ccccc5n4c3n2)CC1.O=P(Cl)(Cl)Cl. The lowest BCUT2D eigenvalue weighted by Gasteiger charge is -2.24. The summed E-state index contributed by atoms with van der Waals surface area (Å²) in [6, 6.07) is 24.0. The van der Waals surface area contributed by atoms with E-state index in [0.717, 1.165) is 121 Å². The molecule has 0 N–H and O–H groups in total. The van der Waals surface area contributed by atoms with Crippen LogP contribution < -0.4 is 9.80 Å². The molecular weight excluding hydrogens is 827 g/mol. The quantitative estimate of drug-likeness (QED) is 0.156. The van der Waals surface area contributed by atoms with Gasteiger partial charge in [0.05, 0.1) is 22.1 Å². The Labute approximate surface area is 348 Å². The second-order valence-electron chi connectivity index (χ2n) is 14.4. The smallest absolute Gasteiger partial charge is 0.339 e. The second kappa shape index (κ2) is 16.7. The Morgan fingerprint density at radius 2 is 1.18 bits per heavy atom. The predicted molar refractivity (Wildman–Crippen MR) is 232 cm³/mol. The number of anilines is 2. The maximum atomic E-state index is 12.6. The van der Waals surface area contributed by atoms with E-state index in [4.69, 9.17) is 21.6 Å². The lowest BCUT2D eigenvalue weighted by atomic mass is 10.1. The fourth-order valence-electron chi connectivity index (χ4n) is 7.60. The summed E-state index contributed by atoms with van der Waals surface area (Å²) in [6.07, 6.45) is 2.64. The highest BCUT2D eigenvalue weighted by molar-refractivity contribution is 8.24. The average Bonchev–Trinajstić information content (AvgIpc) is 3.61. The Morgan fingerprint density at radius 1 is 0.596 bits per heavy atom. The number of imidazole rings is 2. The number of para-hydroxylation sites is 4. The van der Waals surface area contributed by atoms with E-state index < -0.39 is 5.20 Å². The number of aromatic nitrogens is 7. The van der Waals surface area contributed by atoms with Crippen LogP contribution in [-0.2, 0) is 11.0 Å². The summed E-state index contributed by atoms with van der Waals surface area (Å²) in [4.78, 5) is 45.6. The third-order valence-electron chi connectivity index (χ3n) is 10.4. The first-order valence-electron chi connectivity index (χ1n) is 18.7. The van der Waals surface area contributed by atoms with Crippen LogP contribution in [0.1, 0.15) is 29.0 Å². The largest absolute Gasteiger partial charge is 0.355 e. The monoisotopic (exact) mass is 865 g/mol. The van der Waals surface area contributed by atoms with E-state index in [0.29, 0.717) is 23.0 Å². The predicted octanol–water partition coefficient (Wildman–Crippen LogP) is 8.34. The number of nitrogens with zero attached hydrogens (tertiary/aromatic N) is 11. The fraction of sp³-hybridized carbons (Fsp3) is 0.333. The highest BCUT2D eigenvalue weighted by atomic mass is 36.0. The fourth-order valence-corrected chi connectivity index (χ4v) is 7.82. The van der Waals surface area contributed by atoms with Crippen LogP contribution in [0.3, 0.4) is 0 Å². The summed E-state index contributed by atoms with van der Waals surface area (Å²) < 4.78 is 13.5. The van der Waals surface area contributed by atoms with Gasteiger partial charge in [0.2, 0.25) is 5.78 Å². The highest BCUT2D eigenvalue weighted by Crippen LogP contribution is 2.61. The minimum atomic E-state index is -3.22. The Hall–Kier alpha value is -4.07. The Kier molecular flexibility index (Phi) is 11.6. The van der Waals surface area contributed by atoms with Crippen molar-refractivity contribution in [3.63, 3.8) is 0 Å². The van der Waals surface area contributed by atoms with Crippen molar-refractivity contribution in [2.24, 2.45) is 0 Å². The molecule has 57 heavy (non-hydrogen) atoms. The molecule has 296 valence electrons. The molecule has 0 amide bonds. The van der Waals surface area contributed by atoms with Gasteiger partial charge in [-0.1, -0.05) is 41.9 Å². The van der Waals surface area contributed by atoms with Gasteiger partial charge in [-0.2, -0.15) is 0 Å². The van der Waals surface area contributed by atoms with Crippen molar-refractivity contribution < 1.29 is 9.36 Å². The first-order valence-corrected chi connectivity index (χ1v) is 23.5. The molecule has 2 saturated heterocycles. The average molecular weight is 868 g/mol. The van der Waals surface area contributed by atoms with Crippen LogP contribution in [0.25, 0.3) is 44.7 Å². The van der Waals surface area contributed by atoms with Crippen LogP contribution in [0, 0.1) is 0 Å². The lowest BCUT2D eigenvalue weighted by molar-refractivity contribution is 0.0977. The highest BCUT2D eigenvalue weighted by Gasteiger charge is 2.28. The van der Waals surface area contributed by atoms with Crippen LogP contribution in [0.4, 0.5) is 11.6 Å². The molecule has 5 aromatic heterocycles. The summed E-state index contributed by atoms with van der Waals surface area (Å²) >= 11 is 20.2. The lowest BCUT2D eigenvalue weighted by Crippen LogP contribution is -2.30. The molecular formula is C39H40Cl4N11O2P. The molecule has 0 radical (unpaired) electrons. The first kappa shape index (κ1) is 39.7. The number of likely N-dealkylation sites (N-methyl/N-ethyl adjacent to an activating group) is 2. The van der Waals surface area contributed by atoms with E-state index in [-0.39, 0.29) is 5.78 Å². The van der Waals surface area contributed by atoms with Gasteiger partial charge in [-0.15, -0.1) is 0 Å². The van der Waals surface area contributed by atoms with Gasteiger partial charge in [-0.3, -0.25) is 18.3 Å². The van der Waals surface area contributed by atoms with E-state index in [1.54, 1.807) is 0 Å². The molecule has 3 aliphatic heterocycles. The van der Waals surface area contributed by atoms with Crippen molar-refractivity contribution in [3.05, 3.63) is 89.3 Å². The van der Waals surface area contributed by atoms with Crippen molar-refractivity contribution in [1.82, 2.24) is 43.7 Å². The van der Waals surface area contributed by atoms with Crippen molar-refractivity contribution in [3.8, 4) is 5.82 Å². The maximum absolute atomic E-state index is 12.6. The number of fused-ring (bicyclic) bond motifs is 10. The number of hydrogen-bond donors (Lipinski definition) is 0. The summed E-state index contributed by atoms with van der Waals surface area (Å²) in [6.45, 7) is 8.29. The third-order valence-corrected chi connectivity index (χ3v) is 10.7. The van der Waals surface area contributed by atoms with Gasteiger partial charge in [0.1, 0.15) is 23.0 Å². The zero-order valence-electron chi connectivity index (χ0n) is 31.4. The zero-order valence-corrected chi connectivity index (χ0v) is 35.3. The second-order valence-corrected chi connectivity index (χ2v) is 21.4. The van der Waals surface area contributed by atoms with Gasteiger partial charge in [0.15, 0.2) is 22.3 Å². The summed E-state index contributed by atoms with van der Waals surface area (Å²) in [7, 11) is 4.34. The van der Waals surface area contributed by atoms with Gasteiger partial charge < -0.3 is 19.6 Å². The van der Waals surface area contributed by atoms with Crippen LogP contribution in [-0.4, -0.2) is 116 Å². The molecule has 13 nitrogen and oxygen atoms in total. The number of pyridine rings is 2. The maximum Gasteiger partial charge on any atom is 0.339 e. The van der Waals surface area contributed by atoms with Gasteiger partial charge in [0.25, 0.3) is 0 Å². The summed E-state index contributed by atoms with van der Waals surface area (Å²) in [5, 5.41) is -2.82. The normalized spacial score (nSPS) is 16.8. The molecule has 0 bridgehead atoms. The third kappa shape index (κ3) is 8.71. The van der Waals surface area contributed by atoms with Crippen LogP contribution in [0.5, 0.6) is 0 Å². The molecule has 0 saturated carbocycles. The Morgan fingerprint density at radius 3 is 1.84 bits per heavy atom. The van der Waals surface area contributed by atoms with E-state index >= 15 is 0 Å². The topological polar surface area (TPSA) is 121 Å². The number of Topliss-reactive ketones (excluding diaryl/α,β-unsaturated/α-hetero) is 1. The zero-order chi connectivity index (χ0) is 39.8. The number of hydrogen-bond acceptors (Lipinski definition) is 11. The Balaban J connectivity index is 0.000000143. The van der Waals surface area contributed by atoms with Gasteiger partial charge >= 0.3 is 5.20 Å². The molecule has 0 aliphatic carbocycles. The molecule has 3 aliphatic rings. The molecule has 0 atom stereocenters. The molecule has 0 unspecified atom stereocenters. The van der Waals surface area contributed by atoms with E-state index in [1.165, 1.54) is 0 Å². The molecule has 7 aromatic rings. The van der Waals surface area contributed by atoms with E-state index in [2.05, 4.69) is 94.5 Å². The number of benzene rings is 2. The van der Waals surface area contributed by atoms with Gasteiger partial charge in [-0.05, 0) is 116 Å². The molecule has 0 spiro atoms. The molecule has 2 fully saturated rings. The van der Waals surface area contributed by atoms with Gasteiger partial charge in [0, 0.05) is 51.3 Å². The molecule has 8 heterocycles. The molecule has 10 rings (SSSR count). The minimum Gasteiger partial charge on any atom is -0.355 e. The minimum absolute atomic E-state index is 0.0552. The van der Waals surface area contributed by atoms with Crippen molar-refractivity contribution in [2.75, 3.05) is 76.3 Å². The van der Waals surface area contributed by atoms with E-state index in [9.17, 15) is 9.36 Å².